The average Bonchev–Trinajstić information content (AvgIpc) is 2.80. The van der Waals surface area contributed by atoms with Crippen molar-refractivity contribution in [3.63, 3.8) is 0 Å². The largest absolute Gasteiger partial charge is 0.342 e. The summed E-state index contributed by atoms with van der Waals surface area (Å²) >= 11 is 1.74. The summed E-state index contributed by atoms with van der Waals surface area (Å²) < 4.78 is 0. The van der Waals surface area contributed by atoms with Gasteiger partial charge in [-0.1, -0.05) is 19.9 Å². The van der Waals surface area contributed by atoms with E-state index in [0.717, 1.165) is 6.42 Å². The Labute approximate surface area is 114 Å². The Morgan fingerprint density at radius 3 is 2.56 bits per heavy atom. The van der Waals surface area contributed by atoms with Gasteiger partial charge in [-0.2, -0.15) is 0 Å². The zero-order chi connectivity index (χ0) is 13.7. The standard InChI is InChI=1S/C14H24N2OS/c1-10(2)13(9-15)14(17)16(4)11(3)8-12-6-5-7-18-12/h5-7,10-11,13H,8-9,15H2,1-4H3. The van der Waals surface area contributed by atoms with Crippen molar-refractivity contribution in [3.05, 3.63) is 22.4 Å². The van der Waals surface area contributed by atoms with Gasteiger partial charge in [-0.3, -0.25) is 4.79 Å². The van der Waals surface area contributed by atoms with Gasteiger partial charge in [0, 0.05) is 30.9 Å². The van der Waals surface area contributed by atoms with E-state index in [2.05, 4.69) is 18.4 Å². The van der Waals surface area contributed by atoms with Gasteiger partial charge in [-0.05, 0) is 24.3 Å². The SMILES string of the molecule is CC(C)C(CN)C(=O)N(C)C(C)Cc1cccs1. The van der Waals surface area contributed by atoms with Crippen molar-refractivity contribution in [2.45, 2.75) is 33.2 Å². The molecule has 0 saturated heterocycles. The molecule has 0 aliphatic heterocycles. The van der Waals surface area contributed by atoms with Gasteiger partial charge in [-0.25, -0.2) is 0 Å². The van der Waals surface area contributed by atoms with Gasteiger partial charge in [0.25, 0.3) is 0 Å². The third-order valence-electron chi connectivity index (χ3n) is 3.46. The summed E-state index contributed by atoms with van der Waals surface area (Å²) in [5, 5.41) is 2.07. The van der Waals surface area contributed by atoms with E-state index in [1.807, 2.05) is 31.9 Å². The smallest absolute Gasteiger partial charge is 0.227 e. The molecule has 0 spiro atoms. The predicted molar refractivity (Wildman–Crippen MR) is 77.6 cm³/mol. The van der Waals surface area contributed by atoms with E-state index < -0.39 is 0 Å². The molecule has 0 saturated carbocycles. The van der Waals surface area contributed by atoms with Crippen LogP contribution in [0.4, 0.5) is 0 Å². The summed E-state index contributed by atoms with van der Waals surface area (Å²) in [5.74, 6) is 0.385. The lowest BCUT2D eigenvalue weighted by Gasteiger charge is -2.30. The first kappa shape index (κ1) is 15.2. The van der Waals surface area contributed by atoms with Gasteiger partial charge in [0.1, 0.15) is 0 Å². The van der Waals surface area contributed by atoms with Crippen LogP contribution in [0, 0.1) is 11.8 Å². The van der Waals surface area contributed by atoms with Crippen LogP contribution in [-0.4, -0.2) is 30.4 Å². The van der Waals surface area contributed by atoms with Crippen LogP contribution >= 0.6 is 11.3 Å². The highest BCUT2D eigenvalue weighted by molar-refractivity contribution is 7.09. The highest BCUT2D eigenvalue weighted by Crippen LogP contribution is 2.17. The molecule has 1 amide bonds. The summed E-state index contributed by atoms with van der Waals surface area (Å²) in [7, 11) is 1.88. The van der Waals surface area contributed by atoms with E-state index >= 15 is 0 Å². The molecule has 1 rings (SSSR count). The van der Waals surface area contributed by atoms with Crippen LogP contribution in [-0.2, 0) is 11.2 Å². The third kappa shape index (κ3) is 3.82. The van der Waals surface area contributed by atoms with Crippen LogP contribution in [0.3, 0.4) is 0 Å². The summed E-state index contributed by atoms with van der Waals surface area (Å²) in [4.78, 5) is 15.5. The number of nitrogens with two attached hydrogens (primary N) is 1. The fourth-order valence-electron chi connectivity index (χ4n) is 1.99. The monoisotopic (exact) mass is 268 g/mol. The molecule has 1 aromatic heterocycles. The van der Waals surface area contributed by atoms with Crippen molar-refractivity contribution >= 4 is 17.2 Å². The number of amides is 1. The van der Waals surface area contributed by atoms with Gasteiger partial charge in [0.2, 0.25) is 5.91 Å². The van der Waals surface area contributed by atoms with Crippen molar-refractivity contribution in [1.29, 1.82) is 0 Å². The minimum atomic E-state index is -0.0687. The second-order valence-corrected chi connectivity index (χ2v) is 6.20. The fraction of sp³-hybridized carbons (Fsp3) is 0.643. The minimum Gasteiger partial charge on any atom is -0.342 e. The molecule has 0 aliphatic carbocycles. The molecule has 0 radical (unpaired) electrons. The molecule has 0 fully saturated rings. The Morgan fingerprint density at radius 2 is 2.11 bits per heavy atom. The van der Waals surface area contributed by atoms with Crippen LogP contribution in [0.2, 0.25) is 0 Å². The van der Waals surface area contributed by atoms with Crippen LogP contribution in [0.15, 0.2) is 17.5 Å². The van der Waals surface area contributed by atoms with E-state index in [1.54, 1.807) is 11.3 Å². The van der Waals surface area contributed by atoms with Crippen LogP contribution < -0.4 is 5.73 Å². The molecule has 2 atom stereocenters. The van der Waals surface area contributed by atoms with Gasteiger partial charge in [0.15, 0.2) is 0 Å². The molecule has 4 heteroatoms. The predicted octanol–water partition coefficient (Wildman–Crippen LogP) is 2.37. The van der Waals surface area contributed by atoms with Gasteiger partial charge < -0.3 is 10.6 Å². The maximum Gasteiger partial charge on any atom is 0.227 e. The summed E-state index contributed by atoms with van der Waals surface area (Å²) in [6, 6.07) is 4.37. The number of carbonyl (C=O) groups excluding carboxylic acids is 1. The number of hydrogen-bond acceptors (Lipinski definition) is 3. The highest BCUT2D eigenvalue weighted by Gasteiger charge is 2.26. The third-order valence-corrected chi connectivity index (χ3v) is 4.36. The number of carbonyl (C=O) groups is 1. The molecule has 2 unspecified atom stereocenters. The Bertz CT molecular complexity index is 362. The molecule has 2 N–H and O–H groups in total. The molecule has 3 nitrogen and oxygen atoms in total. The summed E-state index contributed by atoms with van der Waals surface area (Å²) in [5.41, 5.74) is 5.70. The lowest BCUT2D eigenvalue weighted by molar-refractivity contribution is -0.137. The molecule has 1 heterocycles. The summed E-state index contributed by atoms with van der Waals surface area (Å²) in [6.07, 6.45) is 0.912. The van der Waals surface area contributed by atoms with Gasteiger partial charge >= 0.3 is 0 Å². The molecule has 18 heavy (non-hydrogen) atoms. The van der Waals surface area contributed by atoms with Crippen LogP contribution in [0.1, 0.15) is 25.6 Å². The first-order chi connectivity index (χ1) is 8.47. The maximum absolute atomic E-state index is 12.3. The first-order valence-corrected chi connectivity index (χ1v) is 7.34. The Kier molecular flexibility index (Phi) is 5.82. The van der Waals surface area contributed by atoms with Crippen molar-refractivity contribution in [1.82, 2.24) is 4.90 Å². The lowest BCUT2D eigenvalue weighted by atomic mass is 9.94. The zero-order valence-corrected chi connectivity index (χ0v) is 12.5. The summed E-state index contributed by atoms with van der Waals surface area (Å²) in [6.45, 7) is 6.61. The maximum atomic E-state index is 12.3. The Morgan fingerprint density at radius 1 is 1.44 bits per heavy atom. The van der Waals surface area contributed by atoms with E-state index in [1.165, 1.54) is 4.88 Å². The first-order valence-electron chi connectivity index (χ1n) is 6.46. The lowest BCUT2D eigenvalue weighted by Crippen LogP contribution is -2.44. The number of thiophene rings is 1. The fourth-order valence-corrected chi connectivity index (χ4v) is 2.82. The van der Waals surface area contributed by atoms with Crippen molar-refractivity contribution < 1.29 is 4.79 Å². The van der Waals surface area contributed by atoms with Crippen molar-refractivity contribution in [2.75, 3.05) is 13.6 Å². The highest BCUT2D eigenvalue weighted by atomic mass is 32.1. The second kappa shape index (κ2) is 6.90. The molecule has 102 valence electrons. The van der Waals surface area contributed by atoms with Crippen LogP contribution in [0.25, 0.3) is 0 Å². The second-order valence-electron chi connectivity index (χ2n) is 5.17. The van der Waals surface area contributed by atoms with E-state index in [-0.39, 0.29) is 17.9 Å². The van der Waals surface area contributed by atoms with Crippen LogP contribution in [0.5, 0.6) is 0 Å². The molecule has 0 aliphatic rings. The topological polar surface area (TPSA) is 46.3 Å². The Balaban J connectivity index is 2.62. The van der Waals surface area contributed by atoms with Gasteiger partial charge in [-0.15, -0.1) is 11.3 Å². The number of rotatable bonds is 6. The van der Waals surface area contributed by atoms with E-state index in [0.29, 0.717) is 12.5 Å². The zero-order valence-electron chi connectivity index (χ0n) is 11.7. The van der Waals surface area contributed by atoms with Crippen molar-refractivity contribution in [3.8, 4) is 0 Å². The minimum absolute atomic E-state index is 0.0687. The number of hydrogen-bond donors (Lipinski definition) is 1. The molecule has 0 bridgehead atoms. The molecular formula is C14H24N2OS. The van der Waals surface area contributed by atoms with Crippen molar-refractivity contribution in [2.24, 2.45) is 17.6 Å². The quantitative estimate of drug-likeness (QED) is 0.861. The average molecular weight is 268 g/mol. The van der Waals surface area contributed by atoms with Gasteiger partial charge in [0.05, 0.1) is 5.92 Å². The molecule has 0 aromatic carbocycles. The number of likely N-dealkylation sites (N-methyl/N-ethyl adjacent to an activating group) is 1. The number of nitrogens with zero attached hydrogens (tertiary/aromatic N) is 1. The van der Waals surface area contributed by atoms with E-state index in [9.17, 15) is 4.79 Å². The Hall–Kier alpha value is -0.870. The molecule has 1 aromatic rings. The normalized spacial score (nSPS) is 14.6. The molecular weight excluding hydrogens is 244 g/mol. The van der Waals surface area contributed by atoms with E-state index in [4.69, 9.17) is 5.73 Å².